The Balaban J connectivity index is 1.84. The number of benzene rings is 1. The zero-order valence-corrected chi connectivity index (χ0v) is 12.6. The Morgan fingerprint density at radius 2 is 1.91 bits per heavy atom. The second-order valence-corrected chi connectivity index (χ2v) is 6.46. The molecule has 6 nitrogen and oxygen atoms in total. The van der Waals surface area contributed by atoms with Gasteiger partial charge >= 0.3 is 21.7 Å². The van der Waals surface area contributed by atoms with E-state index in [1.807, 2.05) is 0 Å². The molecule has 2 rings (SSSR count). The molecule has 23 heavy (non-hydrogen) atoms. The minimum absolute atomic E-state index is 0.0164. The Bertz CT molecular complexity index is 647. The zero-order chi connectivity index (χ0) is 17.1. The highest BCUT2D eigenvalue weighted by molar-refractivity contribution is 7.87. The number of carbonyl (C=O) groups excluding carboxylic acids is 1. The minimum atomic E-state index is -5.66. The van der Waals surface area contributed by atoms with Crippen molar-refractivity contribution in [3.05, 3.63) is 35.9 Å². The van der Waals surface area contributed by atoms with Crippen LogP contribution in [-0.4, -0.2) is 44.1 Å². The number of nitrogens with zero attached hydrogens (tertiary/aromatic N) is 1. The summed E-state index contributed by atoms with van der Waals surface area (Å²) in [5.41, 5.74) is -4.72. The number of carbonyl (C=O) groups is 1. The van der Waals surface area contributed by atoms with Gasteiger partial charge in [-0.15, -0.1) is 0 Å². The first-order valence-corrected chi connectivity index (χ1v) is 8.05. The van der Waals surface area contributed by atoms with Gasteiger partial charge in [-0.05, 0) is 12.0 Å². The second-order valence-electron chi connectivity index (χ2n) is 4.89. The molecule has 10 heteroatoms. The normalized spacial score (nSPS) is 18.9. The third-order valence-electron chi connectivity index (χ3n) is 3.15. The molecule has 1 fully saturated rings. The van der Waals surface area contributed by atoms with Crippen LogP contribution in [-0.2, 0) is 25.6 Å². The van der Waals surface area contributed by atoms with Gasteiger partial charge in [0.05, 0.1) is 12.6 Å². The summed E-state index contributed by atoms with van der Waals surface area (Å²) in [6.45, 7) is -0.197. The molecule has 0 aromatic heterocycles. The van der Waals surface area contributed by atoms with Gasteiger partial charge in [-0.1, -0.05) is 30.3 Å². The van der Waals surface area contributed by atoms with Gasteiger partial charge in [-0.2, -0.15) is 21.6 Å². The van der Waals surface area contributed by atoms with Crippen LogP contribution in [0.5, 0.6) is 0 Å². The molecule has 1 aliphatic rings. The van der Waals surface area contributed by atoms with Crippen molar-refractivity contribution in [2.75, 3.05) is 13.1 Å². The number of alkyl halides is 3. The molecule has 0 unspecified atom stereocenters. The lowest BCUT2D eigenvalue weighted by molar-refractivity contribution is -0.0569. The van der Waals surface area contributed by atoms with Gasteiger partial charge < -0.3 is 9.64 Å². The van der Waals surface area contributed by atoms with Crippen molar-refractivity contribution in [3.63, 3.8) is 0 Å². The van der Waals surface area contributed by atoms with Crippen molar-refractivity contribution in [1.82, 2.24) is 4.90 Å². The van der Waals surface area contributed by atoms with Crippen molar-refractivity contribution < 1.29 is 35.3 Å². The van der Waals surface area contributed by atoms with Gasteiger partial charge in [0.15, 0.2) is 0 Å². The predicted octanol–water partition coefficient (Wildman–Crippen LogP) is 2.26. The molecular formula is C13H14F3NO5S. The van der Waals surface area contributed by atoms with Crippen molar-refractivity contribution in [2.45, 2.75) is 24.6 Å². The smallest absolute Gasteiger partial charge is 0.445 e. The first-order chi connectivity index (χ1) is 10.7. The van der Waals surface area contributed by atoms with Gasteiger partial charge in [-0.25, -0.2) is 4.79 Å². The average molecular weight is 353 g/mol. The Morgan fingerprint density at radius 1 is 1.26 bits per heavy atom. The number of rotatable bonds is 4. The maximum Gasteiger partial charge on any atom is 0.523 e. The lowest BCUT2D eigenvalue weighted by atomic mass is 10.2. The molecule has 0 spiro atoms. The van der Waals surface area contributed by atoms with E-state index in [9.17, 15) is 26.4 Å². The van der Waals surface area contributed by atoms with Crippen LogP contribution in [0.25, 0.3) is 0 Å². The molecule has 128 valence electrons. The molecular weight excluding hydrogens is 339 g/mol. The number of amides is 1. The molecule has 0 saturated carbocycles. The largest absolute Gasteiger partial charge is 0.523 e. The lowest BCUT2D eigenvalue weighted by Gasteiger charge is -2.17. The van der Waals surface area contributed by atoms with E-state index in [-0.39, 0.29) is 26.1 Å². The van der Waals surface area contributed by atoms with E-state index in [0.717, 1.165) is 10.5 Å². The monoisotopic (exact) mass is 353 g/mol. The minimum Gasteiger partial charge on any atom is -0.445 e. The van der Waals surface area contributed by atoms with Crippen molar-refractivity contribution in [1.29, 1.82) is 0 Å². The molecule has 1 saturated heterocycles. The van der Waals surface area contributed by atoms with Gasteiger partial charge in [0, 0.05) is 6.54 Å². The molecule has 0 bridgehead atoms. The summed E-state index contributed by atoms with van der Waals surface area (Å²) in [5, 5.41) is 0. The molecule has 1 amide bonds. The lowest BCUT2D eigenvalue weighted by Crippen LogP contribution is -2.34. The fourth-order valence-corrected chi connectivity index (χ4v) is 2.64. The summed E-state index contributed by atoms with van der Waals surface area (Å²) in [7, 11) is -5.66. The van der Waals surface area contributed by atoms with Crippen LogP contribution in [0, 0.1) is 0 Å². The highest BCUT2D eigenvalue weighted by Gasteiger charge is 2.49. The summed E-state index contributed by atoms with van der Waals surface area (Å²) >= 11 is 0. The van der Waals surface area contributed by atoms with Crippen molar-refractivity contribution in [2.24, 2.45) is 0 Å². The quantitative estimate of drug-likeness (QED) is 0.613. The Hall–Kier alpha value is -1.81. The third-order valence-corrected chi connectivity index (χ3v) is 4.25. The highest BCUT2D eigenvalue weighted by atomic mass is 32.2. The van der Waals surface area contributed by atoms with Crippen LogP contribution < -0.4 is 0 Å². The Morgan fingerprint density at radius 3 is 2.52 bits per heavy atom. The molecule has 1 heterocycles. The van der Waals surface area contributed by atoms with Crippen LogP contribution in [0.3, 0.4) is 0 Å². The summed E-state index contributed by atoms with van der Waals surface area (Å²) in [6.07, 6.45) is -1.98. The predicted molar refractivity (Wildman–Crippen MR) is 72.7 cm³/mol. The van der Waals surface area contributed by atoms with Crippen LogP contribution in [0.15, 0.2) is 30.3 Å². The van der Waals surface area contributed by atoms with E-state index in [1.165, 1.54) is 0 Å². The number of hydrogen-bond donors (Lipinski definition) is 0. The van der Waals surface area contributed by atoms with Crippen LogP contribution in [0.2, 0.25) is 0 Å². The number of halogens is 3. The molecule has 0 aliphatic carbocycles. The van der Waals surface area contributed by atoms with E-state index in [4.69, 9.17) is 4.74 Å². The zero-order valence-electron chi connectivity index (χ0n) is 11.8. The summed E-state index contributed by atoms with van der Waals surface area (Å²) < 4.78 is 67.6. The van der Waals surface area contributed by atoms with Gasteiger partial charge in [0.25, 0.3) is 0 Å². The van der Waals surface area contributed by atoms with Gasteiger partial charge in [-0.3, -0.25) is 4.18 Å². The molecule has 1 atom stereocenters. The van der Waals surface area contributed by atoms with E-state index in [0.29, 0.717) is 0 Å². The number of hydrogen-bond acceptors (Lipinski definition) is 5. The SMILES string of the molecule is O=C(OCc1ccccc1)N1CC[C@@H](OS(=O)(=O)C(F)(F)F)C1. The van der Waals surface area contributed by atoms with E-state index in [2.05, 4.69) is 4.18 Å². The standard InChI is InChI=1S/C13H14F3NO5S/c14-13(15,16)23(19,20)22-11-6-7-17(8-11)12(18)21-9-10-4-2-1-3-5-10/h1-5,11H,6-9H2/t11-/m1/s1. The van der Waals surface area contributed by atoms with Gasteiger partial charge in [0.2, 0.25) is 0 Å². The maximum absolute atomic E-state index is 12.2. The molecule has 1 aromatic rings. The van der Waals surface area contributed by atoms with E-state index >= 15 is 0 Å². The van der Waals surface area contributed by atoms with E-state index < -0.39 is 27.8 Å². The van der Waals surface area contributed by atoms with Crippen molar-refractivity contribution >= 4 is 16.2 Å². The Labute approximate surface area is 130 Å². The number of ether oxygens (including phenoxy) is 1. The fraction of sp³-hybridized carbons (Fsp3) is 0.462. The molecule has 1 aromatic carbocycles. The second kappa shape index (κ2) is 6.75. The number of likely N-dealkylation sites (tertiary alicyclic amines) is 1. The fourth-order valence-electron chi connectivity index (χ4n) is 2.02. The van der Waals surface area contributed by atoms with Crippen LogP contribution in [0.4, 0.5) is 18.0 Å². The van der Waals surface area contributed by atoms with Crippen LogP contribution >= 0.6 is 0 Å². The molecule has 0 radical (unpaired) electrons. The maximum atomic E-state index is 12.2. The summed E-state index contributed by atoms with van der Waals surface area (Å²) in [4.78, 5) is 12.9. The average Bonchev–Trinajstić information content (AvgIpc) is 2.92. The Kier molecular flexibility index (Phi) is 5.15. The van der Waals surface area contributed by atoms with E-state index in [1.54, 1.807) is 30.3 Å². The topological polar surface area (TPSA) is 72.9 Å². The van der Waals surface area contributed by atoms with Crippen molar-refractivity contribution in [3.8, 4) is 0 Å². The third kappa shape index (κ3) is 4.58. The summed E-state index contributed by atoms with van der Waals surface area (Å²) in [5.74, 6) is 0. The molecule has 1 aliphatic heterocycles. The first kappa shape index (κ1) is 17.5. The highest BCUT2D eigenvalue weighted by Crippen LogP contribution is 2.28. The van der Waals surface area contributed by atoms with Crippen LogP contribution in [0.1, 0.15) is 12.0 Å². The first-order valence-electron chi connectivity index (χ1n) is 6.64. The summed E-state index contributed by atoms with van der Waals surface area (Å²) in [6, 6.07) is 8.84. The molecule has 0 N–H and O–H groups in total. The van der Waals surface area contributed by atoms with Gasteiger partial charge in [0.1, 0.15) is 6.61 Å².